The van der Waals surface area contributed by atoms with E-state index >= 15 is 0 Å². The number of benzene rings is 2. The lowest BCUT2D eigenvalue weighted by Gasteiger charge is -2.12. The summed E-state index contributed by atoms with van der Waals surface area (Å²) in [5, 5.41) is 5.92. The van der Waals surface area contributed by atoms with Gasteiger partial charge in [0.2, 0.25) is 5.91 Å². The van der Waals surface area contributed by atoms with Crippen LogP contribution in [0.2, 0.25) is 0 Å². The van der Waals surface area contributed by atoms with Crippen LogP contribution in [0, 0.1) is 0 Å². The predicted octanol–water partition coefficient (Wildman–Crippen LogP) is 3.32. The molecule has 0 bridgehead atoms. The summed E-state index contributed by atoms with van der Waals surface area (Å²) in [7, 11) is 3.14. The molecule has 0 heterocycles. The molecule has 2 aromatic carbocycles. The van der Waals surface area contributed by atoms with Crippen molar-refractivity contribution in [3.63, 3.8) is 0 Å². The summed E-state index contributed by atoms with van der Waals surface area (Å²) in [4.78, 5) is 12.1. The monoisotopic (exact) mass is 314 g/mol. The second-order valence-electron chi connectivity index (χ2n) is 5.02. The third kappa shape index (κ3) is 4.64. The number of rotatable bonds is 7. The maximum absolute atomic E-state index is 12.1. The molecular formula is C18H22N2O3. The fourth-order valence-electron chi connectivity index (χ4n) is 2.15. The standard InChI is InChI=1S/C18H22N2O3/c1-4-13-5-7-14(8-6-13)19-12-18(21)20-16-11-15(22-2)9-10-17(16)23-3/h5-11,19H,4,12H2,1-3H3,(H,20,21). The van der Waals surface area contributed by atoms with Crippen LogP contribution in [0.15, 0.2) is 42.5 Å². The van der Waals surface area contributed by atoms with Gasteiger partial charge in [-0.25, -0.2) is 0 Å². The molecule has 2 N–H and O–H groups in total. The summed E-state index contributed by atoms with van der Waals surface area (Å²) >= 11 is 0. The van der Waals surface area contributed by atoms with Crippen LogP contribution in [0.25, 0.3) is 0 Å². The van der Waals surface area contributed by atoms with E-state index in [0.717, 1.165) is 12.1 Å². The lowest BCUT2D eigenvalue weighted by molar-refractivity contribution is -0.114. The van der Waals surface area contributed by atoms with Gasteiger partial charge in [0, 0.05) is 11.8 Å². The van der Waals surface area contributed by atoms with Gasteiger partial charge in [0.05, 0.1) is 26.5 Å². The van der Waals surface area contributed by atoms with E-state index in [-0.39, 0.29) is 12.5 Å². The largest absolute Gasteiger partial charge is 0.497 e. The molecule has 0 atom stereocenters. The van der Waals surface area contributed by atoms with Gasteiger partial charge in [0.15, 0.2) is 0 Å². The molecule has 0 fully saturated rings. The minimum Gasteiger partial charge on any atom is -0.497 e. The molecule has 2 rings (SSSR count). The molecule has 0 aliphatic heterocycles. The Bertz CT molecular complexity index is 654. The Labute approximate surface area is 136 Å². The molecule has 0 aromatic heterocycles. The number of methoxy groups -OCH3 is 2. The Morgan fingerprint density at radius 2 is 1.78 bits per heavy atom. The average molecular weight is 314 g/mol. The fourth-order valence-corrected chi connectivity index (χ4v) is 2.15. The first kappa shape index (κ1) is 16.7. The first-order chi connectivity index (χ1) is 11.2. The Morgan fingerprint density at radius 1 is 1.04 bits per heavy atom. The SMILES string of the molecule is CCc1ccc(NCC(=O)Nc2cc(OC)ccc2OC)cc1. The maximum atomic E-state index is 12.1. The number of nitrogens with one attached hydrogen (secondary N) is 2. The third-order valence-electron chi connectivity index (χ3n) is 3.50. The number of carbonyl (C=O) groups is 1. The normalized spacial score (nSPS) is 10.0. The smallest absolute Gasteiger partial charge is 0.243 e. The summed E-state index contributed by atoms with van der Waals surface area (Å²) in [6.07, 6.45) is 0.996. The molecule has 23 heavy (non-hydrogen) atoms. The number of aryl methyl sites for hydroxylation is 1. The van der Waals surface area contributed by atoms with Crippen molar-refractivity contribution in [2.24, 2.45) is 0 Å². The summed E-state index contributed by atoms with van der Waals surface area (Å²) in [5.41, 5.74) is 2.76. The highest BCUT2D eigenvalue weighted by atomic mass is 16.5. The van der Waals surface area contributed by atoms with E-state index < -0.39 is 0 Å². The highest BCUT2D eigenvalue weighted by Gasteiger charge is 2.09. The molecule has 0 aliphatic carbocycles. The van der Waals surface area contributed by atoms with Gasteiger partial charge in [0.1, 0.15) is 11.5 Å². The van der Waals surface area contributed by atoms with Gasteiger partial charge < -0.3 is 20.1 Å². The highest BCUT2D eigenvalue weighted by molar-refractivity contribution is 5.95. The first-order valence-electron chi connectivity index (χ1n) is 7.51. The van der Waals surface area contributed by atoms with Crippen molar-refractivity contribution in [2.45, 2.75) is 13.3 Å². The van der Waals surface area contributed by atoms with Crippen molar-refractivity contribution in [1.82, 2.24) is 0 Å². The van der Waals surface area contributed by atoms with Gasteiger partial charge in [-0.3, -0.25) is 4.79 Å². The van der Waals surface area contributed by atoms with E-state index in [1.54, 1.807) is 32.4 Å². The number of amides is 1. The zero-order valence-electron chi connectivity index (χ0n) is 13.7. The summed E-state index contributed by atoms with van der Waals surface area (Å²) in [5.74, 6) is 1.09. The van der Waals surface area contributed by atoms with E-state index in [9.17, 15) is 4.79 Å². The summed E-state index contributed by atoms with van der Waals surface area (Å²) < 4.78 is 10.4. The number of carbonyl (C=O) groups excluding carboxylic acids is 1. The fraction of sp³-hybridized carbons (Fsp3) is 0.278. The molecule has 122 valence electrons. The van der Waals surface area contributed by atoms with E-state index in [1.807, 2.05) is 24.3 Å². The van der Waals surface area contributed by atoms with Crippen molar-refractivity contribution < 1.29 is 14.3 Å². The third-order valence-corrected chi connectivity index (χ3v) is 3.50. The minimum absolute atomic E-state index is 0.156. The van der Waals surface area contributed by atoms with Crippen molar-refractivity contribution in [2.75, 3.05) is 31.4 Å². The van der Waals surface area contributed by atoms with Crippen LogP contribution in [0.5, 0.6) is 11.5 Å². The summed E-state index contributed by atoms with van der Waals surface area (Å²) in [6, 6.07) is 13.3. The number of anilines is 2. The molecular weight excluding hydrogens is 292 g/mol. The van der Waals surface area contributed by atoms with E-state index in [4.69, 9.17) is 9.47 Å². The predicted molar refractivity (Wildman–Crippen MR) is 92.5 cm³/mol. The maximum Gasteiger partial charge on any atom is 0.243 e. The topological polar surface area (TPSA) is 59.6 Å². The first-order valence-corrected chi connectivity index (χ1v) is 7.51. The zero-order chi connectivity index (χ0) is 16.7. The molecule has 0 radical (unpaired) electrons. The van der Waals surface area contributed by atoms with Crippen molar-refractivity contribution in [3.05, 3.63) is 48.0 Å². The highest BCUT2D eigenvalue weighted by Crippen LogP contribution is 2.28. The van der Waals surface area contributed by atoms with E-state index in [2.05, 4.69) is 17.6 Å². The minimum atomic E-state index is -0.156. The molecule has 5 heteroatoms. The quantitative estimate of drug-likeness (QED) is 0.823. The molecule has 0 saturated heterocycles. The van der Waals surface area contributed by atoms with Crippen LogP contribution >= 0.6 is 0 Å². The van der Waals surface area contributed by atoms with E-state index in [1.165, 1.54) is 5.56 Å². The zero-order valence-corrected chi connectivity index (χ0v) is 13.7. The summed E-state index contributed by atoms with van der Waals surface area (Å²) in [6.45, 7) is 2.28. The molecule has 1 amide bonds. The van der Waals surface area contributed by atoms with Gasteiger partial charge >= 0.3 is 0 Å². The van der Waals surface area contributed by atoms with Crippen LogP contribution in [-0.4, -0.2) is 26.7 Å². The Morgan fingerprint density at radius 3 is 2.39 bits per heavy atom. The Balaban J connectivity index is 1.96. The van der Waals surface area contributed by atoms with Gasteiger partial charge in [-0.2, -0.15) is 0 Å². The van der Waals surface area contributed by atoms with Crippen LogP contribution < -0.4 is 20.1 Å². The van der Waals surface area contributed by atoms with Crippen molar-refractivity contribution in [3.8, 4) is 11.5 Å². The van der Waals surface area contributed by atoms with Crippen LogP contribution in [-0.2, 0) is 11.2 Å². The van der Waals surface area contributed by atoms with Gasteiger partial charge in [0.25, 0.3) is 0 Å². The Kier molecular flexibility index (Phi) is 5.86. The lowest BCUT2D eigenvalue weighted by atomic mass is 10.1. The molecule has 0 spiro atoms. The average Bonchev–Trinajstić information content (AvgIpc) is 2.60. The van der Waals surface area contributed by atoms with Crippen LogP contribution in [0.1, 0.15) is 12.5 Å². The van der Waals surface area contributed by atoms with Gasteiger partial charge in [-0.15, -0.1) is 0 Å². The van der Waals surface area contributed by atoms with Crippen molar-refractivity contribution >= 4 is 17.3 Å². The van der Waals surface area contributed by atoms with Gasteiger partial charge in [-0.1, -0.05) is 19.1 Å². The second kappa shape index (κ2) is 8.08. The number of ether oxygens (including phenoxy) is 2. The molecule has 0 unspecified atom stereocenters. The number of hydrogen-bond acceptors (Lipinski definition) is 4. The van der Waals surface area contributed by atoms with Crippen molar-refractivity contribution in [1.29, 1.82) is 0 Å². The molecule has 0 saturated carbocycles. The van der Waals surface area contributed by atoms with Crippen LogP contribution in [0.4, 0.5) is 11.4 Å². The van der Waals surface area contributed by atoms with Gasteiger partial charge in [-0.05, 0) is 36.2 Å². The van der Waals surface area contributed by atoms with E-state index in [0.29, 0.717) is 17.2 Å². The number of hydrogen-bond donors (Lipinski definition) is 2. The Hall–Kier alpha value is -2.69. The molecule has 5 nitrogen and oxygen atoms in total. The second-order valence-corrected chi connectivity index (χ2v) is 5.02. The van der Waals surface area contributed by atoms with Crippen LogP contribution in [0.3, 0.4) is 0 Å². The lowest BCUT2D eigenvalue weighted by Crippen LogP contribution is -2.22. The molecule has 0 aliphatic rings. The molecule has 2 aromatic rings.